The van der Waals surface area contributed by atoms with Gasteiger partial charge < -0.3 is 4.74 Å². The van der Waals surface area contributed by atoms with Crippen molar-refractivity contribution in [3.8, 4) is 0 Å². The average Bonchev–Trinajstić information content (AvgIpc) is 2.68. The van der Waals surface area contributed by atoms with Gasteiger partial charge in [0.15, 0.2) is 0 Å². The molecule has 0 amide bonds. The van der Waals surface area contributed by atoms with E-state index in [2.05, 4.69) is 11.7 Å². The second-order valence-electron chi connectivity index (χ2n) is 4.98. The van der Waals surface area contributed by atoms with Crippen LogP contribution in [0.1, 0.15) is 58.3 Å². The molecule has 1 fully saturated rings. The van der Waals surface area contributed by atoms with Crippen LogP contribution in [0.4, 0.5) is 0 Å². The van der Waals surface area contributed by atoms with Gasteiger partial charge in [-0.3, -0.25) is 9.59 Å². The lowest BCUT2D eigenvalue weighted by Gasteiger charge is -2.17. The fraction of sp³-hybridized carbons (Fsp3) is 0.857. The van der Waals surface area contributed by atoms with Crippen LogP contribution in [0.3, 0.4) is 0 Å². The summed E-state index contributed by atoms with van der Waals surface area (Å²) < 4.78 is 4.65. The third-order valence-electron chi connectivity index (χ3n) is 3.81. The first-order chi connectivity index (χ1) is 8.19. The van der Waals surface area contributed by atoms with Crippen molar-refractivity contribution in [1.82, 2.24) is 0 Å². The highest BCUT2D eigenvalue weighted by molar-refractivity contribution is 5.83. The van der Waals surface area contributed by atoms with Gasteiger partial charge in [-0.1, -0.05) is 26.2 Å². The highest BCUT2D eigenvalue weighted by Gasteiger charge is 2.33. The normalized spacial score (nSPS) is 24.0. The summed E-state index contributed by atoms with van der Waals surface area (Å²) in [5, 5.41) is 0. The Labute approximate surface area is 104 Å². The predicted molar refractivity (Wildman–Crippen MR) is 66.6 cm³/mol. The molecule has 2 atom stereocenters. The molecule has 1 aliphatic carbocycles. The van der Waals surface area contributed by atoms with Crippen LogP contribution >= 0.6 is 0 Å². The first-order valence-corrected chi connectivity index (χ1v) is 6.78. The van der Waals surface area contributed by atoms with Crippen LogP contribution in [-0.2, 0) is 14.3 Å². The number of hydrogen-bond donors (Lipinski definition) is 0. The Morgan fingerprint density at radius 1 is 1.35 bits per heavy atom. The molecule has 17 heavy (non-hydrogen) atoms. The number of rotatable bonds is 7. The molecule has 1 aliphatic rings. The minimum absolute atomic E-state index is 0.156. The fourth-order valence-corrected chi connectivity index (χ4v) is 2.74. The Hall–Kier alpha value is -0.860. The third-order valence-corrected chi connectivity index (χ3v) is 3.81. The number of ketones is 1. The van der Waals surface area contributed by atoms with Crippen LogP contribution in [0.25, 0.3) is 0 Å². The lowest BCUT2D eigenvalue weighted by atomic mass is 9.87. The average molecular weight is 240 g/mol. The zero-order valence-corrected chi connectivity index (χ0v) is 11.0. The topological polar surface area (TPSA) is 43.4 Å². The number of ether oxygens (including phenoxy) is 1. The van der Waals surface area contributed by atoms with Gasteiger partial charge in [0.05, 0.1) is 7.11 Å². The molecule has 0 N–H and O–H groups in total. The lowest BCUT2D eigenvalue weighted by molar-refractivity contribution is -0.141. The van der Waals surface area contributed by atoms with E-state index in [1.165, 1.54) is 20.0 Å². The largest absolute Gasteiger partial charge is 0.469 e. The third kappa shape index (κ3) is 4.49. The Morgan fingerprint density at radius 3 is 2.76 bits per heavy atom. The van der Waals surface area contributed by atoms with Gasteiger partial charge in [-0.2, -0.15) is 0 Å². The summed E-state index contributed by atoms with van der Waals surface area (Å²) in [5.41, 5.74) is 0. The van der Waals surface area contributed by atoms with E-state index in [9.17, 15) is 9.59 Å². The summed E-state index contributed by atoms with van der Waals surface area (Å²) in [5.74, 6) is 0.886. The molecule has 98 valence electrons. The molecule has 0 aromatic rings. The van der Waals surface area contributed by atoms with Gasteiger partial charge in [-0.05, 0) is 25.2 Å². The lowest BCUT2D eigenvalue weighted by Crippen LogP contribution is -2.16. The van der Waals surface area contributed by atoms with Gasteiger partial charge in [0.1, 0.15) is 5.78 Å². The molecular weight excluding hydrogens is 216 g/mol. The molecule has 0 radical (unpaired) electrons. The molecule has 0 aliphatic heterocycles. The molecule has 0 aromatic heterocycles. The van der Waals surface area contributed by atoms with Crippen molar-refractivity contribution in [2.45, 2.75) is 58.3 Å². The van der Waals surface area contributed by atoms with E-state index in [1.807, 2.05) is 0 Å². The highest BCUT2D eigenvalue weighted by atomic mass is 16.5. The minimum Gasteiger partial charge on any atom is -0.469 e. The van der Waals surface area contributed by atoms with Crippen molar-refractivity contribution in [3.63, 3.8) is 0 Å². The van der Waals surface area contributed by atoms with E-state index in [1.54, 1.807) is 0 Å². The van der Waals surface area contributed by atoms with Crippen LogP contribution in [0.15, 0.2) is 0 Å². The number of carbonyl (C=O) groups excluding carboxylic acids is 2. The molecule has 1 saturated carbocycles. The van der Waals surface area contributed by atoms with Crippen molar-refractivity contribution in [3.05, 3.63) is 0 Å². The number of methoxy groups -OCH3 is 1. The second-order valence-corrected chi connectivity index (χ2v) is 4.98. The van der Waals surface area contributed by atoms with Gasteiger partial charge in [0.25, 0.3) is 0 Å². The van der Waals surface area contributed by atoms with Gasteiger partial charge in [-0.15, -0.1) is 0 Å². The van der Waals surface area contributed by atoms with E-state index in [4.69, 9.17) is 0 Å². The van der Waals surface area contributed by atoms with Crippen molar-refractivity contribution < 1.29 is 14.3 Å². The Kier molecular flexibility index (Phi) is 6.23. The van der Waals surface area contributed by atoms with Crippen molar-refractivity contribution in [2.75, 3.05) is 7.11 Å². The van der Waals surface area contributed by atoms with Crippen molar-refractivity contribution in [2.24, 2.45) is 11.8 Å². The van der Waals surface area contributed by atoms with Gasteiger partial charge in [-0.25, -0.2) is 0 Å². The molecular formula is C14H24O3. The summed E-state index contributed by atoms with van der Waals surface area (Å²) in [7, 11) is 1.42. The number of unbranched alkanes of at least 4 members (excludes halogenated alkanes) is 2. The monoisotopic (exact) mass is 240 g/mol. The molecule has 0 heterocycles. The highest BCUT2D eigenvalue weighted by Crippen LogP contribution is 2.35. The van der Waals surface area contributed by atoms with Crippen LogP contribution in [-0.4, -0.2) is 18.9 Å². The van der Waals surface area contributed by atoms with Crippen LogP contribution in [0.5, 0.6) is 0 Å². The molecule has 3 nitrogen and oxygen atoms in total. The minimum atomic E-state index is -0.156. The first kappa shape index (κ1) is 14.2. The Bertz CT molecular complexity index is 260. The SMILES string of the molecule is CCCCCC1C(=O)CCC1CCC(=O)OC. The van der Waals surface area contributed by atoms with Crippen LogP contribution in [0.2, 0.25) is 0 Å². The Morgan fingerprint density at radius 2 is 2.12 bits per heavy atom. The summed E-state index contributed by atoms with van der Waals surface area (Å²) in [4.78, 5) is 22.9. The smallest absolute Gasteiger partial charge is 0.305 e. The summed E-state index contributed by atoms with van der Waals surface area (Å²) in [6, 6.07) is 0. The molecule has 1 rings (SSSR count). The Balaban J connectivity index is 2.35. The maximum absolute atomic E-state index is 11.8. The van der Waals surface area contributed by atoms with Gasteiger partial charge >= 0.3 is 5.97 Å². The molecule has 0 spiro atoms. The van der Waals surface area contributed by atoms with Crippen molar-refractivity contribution in [1.29, 1.82) is 0 Å². The van der Waals surface area contributed by atoms with E-state index in [0.29, 0.717) is 24.5 Å². The molecule has 2 unspecified atom stereocenters. The summed E-state index contributed by atoms with van der Waals surface area (Å²) in [6.07, 6.45) is 7.49. The van der Waals surface area contributed by atoms with Crippen LogP contribution in [0, 0.1) is 11.8 Å². The quantitative estimate of drug-likeness (QED) is 0.507. The molecule has 0 aromatic carbocycles. The van der Waals surface area contributed by atoms with Crippen molar-refractivity contribution >= 4 is 11.8 Å². The zero-order chi connectivity index (χ0) is 12.7. The number of carbonyl (C=O) groups is 2. The van der Waals surface area contributed by atoms with E-state index in [0.717, 1.165) is 25.7 Å². The number of hydrogen-bond acceptors (Lipinski definition) is 3. The zero-order valence-electron chi connectivity index (χ0n) is 11.0. The number of esters is 1. The van der Waals surface area contributed by atoms with E-state index < -0.39 is 0 Å². The fourth-order valence-electron chi connectivity index (χ4n) is 2.74. The maximum atomic E-state index is 11.8. The van der Waals surface area contributed by atoms with Crippen LogP contribution < -0.4 is 0 Å². The maximum Gasteiger partial charge on any atom is 0.305 e. The van der Waals surface area contributed by atoms with Gasteiger partial charge in [0, 0.05) is 18.8 Å². The van der Waals surface area contributed by atoms with E-state index >= 15 is 0 Å². The van der Waals surface area contributed by atoms with Gasteiger partial charge in [0.2, 0.25) is 0 Å². The summed E-state index contributed by atoms with van der Waals surface area (Å²) >= 11 is 0. The standard InChI is InChI=1S/C14H24O3/c1-3-4-5-6-12-11(7-9-13(12)15)8-10-14(16)17-2/h11-12H,3-10H2,1-2H3. The molecule has 0 bridgehead atoms. The number of Topliss-reactive ketones (excluding diaryl/α,β-unsaturated/α-hetero) is 1. The second kappa shape index (κ2) is 7.46. The molecule has 3 heteroatoms. The van der Waals surface area contributed by atoms with E-state index in [-0.39, 0.29) is 11.9 Å². The summed E-state index contributed by atoms with van der Waals surface area (Å²) in [6.45, 7) is 2.17. The predicted octanol–water partition coefficient (Wildman–Crippen LogP) is 3.12. The molecule has 0 saturated heterocycles. The first-order valence-electron chi connectivity index (χ1n) is 6.78.